The fraction of sp³-hybridized carbons (Fsp3) is 0.455. The van der Waals surface area contributed by atoms with E-state index in [2.05, 4.69) is 10.6 Å². The molecule has 1 rings (SSSR count). The molecule has 2 N–H and O–H groups in total. The van der Waals surface area contributed by atoms with E-state index in [1.54, 1.807) is 6.07 Å². The Morgan fingerprint density at radius 2 is 1.87 bits per heavy atom. The number of benzene rings is 1. The molecule has 0 saturated carbocycles. The molecule has 0 unspecified atom stereocenters. The second kappa shape index (κ2) is 6.94. The molecule has 0 aliphatic heterocycles. The average molecular weight is 247 g/mol. The van der Waals surface area contributed by atoms with Crippen molar-refractivity contribution in [2.24, 2.45) is 0 Å². The summed E-state index contributed by atoms with van der Waals surface area (Å²) < 4.78 is 0. The molecule has 0 saturated heterocycles. The molecular weight excluding hydrogens is 231 g/mol. The lowest BCUT2D eigenvalue weighted by Crippen LogP contribution is -2.10. The fourth-order valence-corrected chi connectivity index (χ4v) is 1.66. The van der Waals surface area contributed by atoms with E-state index in [1.165, 1.54) is 0 Å². The van der Waals surface area contributed by atoms with E-state index in [-0.39, 0.29) is 0 Å². The molecule has 0 atom stereocenters. The molecule has 0 aliphatic rings. The lowest BCUT2D eigenvalue weighted by atomic mass is 10.2. The van der Waals surface area contributed by atoms with Crippen molar-refractivity contribution < 1.29 is 0 Å². The van der Waals surface area contributed by atoms with Gasteiger partial charge in [-0.1, -0.05) is 29.3 Å². The molecule has 0 aliphatic carbocycles. The van der Waals surface area contributed by atoms with E-state index in [0.29, 0.717) is 10.0 Å². The van der Waals surface area contributed by atoms with Crippen LogP contribution >= 0.6 is 23.2 Å². The van der Waals surface area contributed by atoms with E-state index < -0.39 is 0 Å². The third kappa shape index (κ3) is 4.29. The predicted molar refractivity (Wildman–Crippen MR) is 68.1 cm³/mol. The van der Waals surface area contributed by atoms with Gasteiger partial charge in [0, 0.05) is 6.54 Å². The third-order valence-electron chi connectivity index (χ3n) is 2.12. The molecule has 0 spiro atoms. The van der Waals surface area contributed by atoms with Crippen LogP contribution in [0, 0.1) is 0 Å². The summed E-state index contributed by atoms with van der Waals surface area (Å²) >= 11 is 11.9. The molecule has 0 radical (unpaired) electrons. The SMILES string of the molecule is CNCCCCNc1cccc(Cl)c1Cl. The second-order valence-electron chi connectivity index (χ2n) is 3.34. The van der Waals surface area contributed by atoms with Gasteiger partial charge in [-0.2, -0.15) is 0 Å². The average Bonchev–Trinajstić information content (AvgIpc) is 2.24. The standard InChI is InChI=1S/C11H16Cl2N2/c1-14-7-2-3-8-15-10-6-4-5-9(12)11(10)13/h4-6,14-15H,2-3,7-8H2,1H3. The van der Waals surface area contributed by atoms with E-state index in [9.17, 15) is 0 Å². The molecule has 4 heteroatoms. The Bertz CT molecular complexity index is 303. The maximum Gasteiger partial charge on any atom is 0.0823 e. The van der Waals surface area contributed by atoms with Crippen molar-refractivity contribution in [2.75, 3.05) is 25.5 Å². The lowest BCUT2D eigenvalue weighted by molar-refractivity contribution is 0.694. The summed E-state index contributed by atoms with van der Waals surface area (Å²) in [5.41, 5.74) is 0.911. The molecule has 2 nitrogen and oxygen atoms in total. The minimum atomic E-state index is 0.594. The Kier molecular flexibility index (Phi) is 5.84. The van der Waals surface area contributed by atoms with Crippen LogP contribution in [0.15, 0.2) is 18.2 Å². The zero-order valence-electron chi connectivity index (χ0n) is 8.82. The van der Waals surface area contributed by atoms with Crippen molar-refractivity contribution in [1.82, 2.24) is 5.32 Å². The van der Waals surface area contributed by atoms with Crippen molar-refractivity contribution in [1.29, 1.82) is 0 Å². The van der Waals surface area contributed by atoms with Gasteiger partial charge in [0.2, 0.25) is 0 Å². The first-order chi connectivity index (χ1) is 7.25. The highest BCUT2D eigenvalue weighted by molar-refractivity contribution is 6.43. The second-order valence-corrected chi connectivity index (χ2v) is 4.12. The molecule has 15 heavy (non-hydrogen) atoms. The normalized spacial score (nSPS) is 10.3. The lowest BCUT2D eigenvalue weighted by Gasteiger charge is -2.08. The van der Waals surface area contributed by atoms with Gasteiger partial charge in [-0.3, -0.25) is 0 Å². The van der Waals surface area contributed by atoms with E-state index in [0.717, 1.165) is 31.6 Å². The van der Waals surface area contributed by atoms with Crippen LogP contribution in [-0.2, 0) is 0 Å². The van der Waals surface area contributed by atoms with Gasteiger partial charge in [-0.05, 0) is 38.6 Å². The molecule has 0 fully saturated rings. The number of hydrogen-bond acceptors (Lipinski definition) is 2. The number of halogens is 2. The number of hydrogen-bond donors (Lipinski definition) is 2. The minimum absolute atomic E-state index is 0.594. The zero-order valence-corrected chi connectivity index (χ0v) is 10.3. The summed E-state index contributed by atoms with van der Waals surface area (Å²) in [4.78, 5) is 0. The first-order valence-electron chi connectivity index (χ1n) is 5.08. The van der Waals surface area contributed by atoms with Crippen LogP contribution in [0.25, 0.3) is 0 Å². The van der Waals surface area contributed by atoms with Crippen LogP contribution in [0.2, 0.25) is 10.0 Å². The van der Waals surface area contributed by atoms with Crippen LogP contribution in [-0.4, -0.2) is 20.1 Å². The van der Waals surface area contributed by atoms with Gasteiger partial charge in [-0.25, -0.2) is 0 Å². The Labute approximate surface area is 101 Å². The van der Waals surface area contributed by atoms with Crippen molar-refractivity contribution in [3.05, 3.63) is 28.2 Å². The summed E-state index contributed by atoms with van der Waals surface area (Å²) in [5, 5.41) is 7.58. The van der Waals surface area contributed by atoms with Crippen LogP contribution in [0.4, 0.5) is 5.69 Å². The maximum absolute atomic E-state index is 6.03. The first-order valence-corrected chi connectivity index (χ1v) is 5.84. The van der Waals surface area contributed by atoms with Gasteiger partial charge in [0.15, 0.2) is 0 Å². The highest BCUT2D eigenvalue weighted by atomic mass is 35.5. The summed E-state index contributed by atoms with van der Waals surface area (Å²) in [5.74, 6) is 0. The minimum Gasteiger partial charge on any atom is -0.384 e. The number of rotatable bonds is 6. The Hall–Kier alpha value is -0.440. The van der Waals surface area contributed by atoms with Crippen molar-refractivity contribution in [3.8, 4) is 0 Å². The number of anilines is 1. The first kappa shape index (κ1) is 12.6. The van der Waals surface area contributed by atoms with Crippen LogP contribution in [0.1, 0.15) is 12.8 Å². The largest absolute Gasteiger partial charge is 0.384 e. The predicted octanol–water partition coefficient (Wildman–Crippen LogP) is 3.40. The quantitative estimate of drug-likeness (QED) is 0.753. The monoisotopic (exact) mass is 246 g/mol. The summed E-state index contributed by atoms with van der Waals surface area (Å²) in [6.07, 6.45) is 2.27. The molecule has 0 aromatic heterocycles. The van der Waals surface area contributed by atoms with Gasteiger partial charge in [-0.15, -0.1) is 0 Å². The van der Waals surface area contributed by atoms with E-state index >= 15 is 0 Å². The Morgan fingerprint density at radius 3 is 2.60 bits per heavy atom. The van der Waals surface area contributed by atoms with Gasteiger partial charge in [0.1, 0.15) is 0 Å². The number of nitrogens with one attached hydrogen (secondary N) is 2. The van der Waals surface area contributed by atoms with Crippen LogP contribution < -0.4 is 10.6 Å². The number of unbranched alkanes of at least 4 members (excludes halogenated alkanes) is 1. The van der Waals surface area contributed by atoms with Gasteiger partial charge in [0.25, 0.3) is 0 Å². The van der Waals surface area contributed by atoms with Crippen LogP contribution in [0.5, 0.6) is 0 Å². The zero-order chi connectivity index (χ0) is 11.1. The molecule has 1 aromatic carbocycles. The molecular formula is C11H16Cl2N2. The Balaban J connectivity index is 2.34. The Morgan fingerprint density at radius 1 is 1.13 bits per heavy atom. The van der Waals surface area contributed by atoms with Gasteiger partial charge < -0.3 is 10.6 Å². The summed E-state index contributed by atoms with van der Waals surface area (Å²) in [7, 11) is 1.96. The molecule has 0 amide bonds. The van der Waals surface area contributed by atoms with Crippen molar-refractivity contribution >= 4 is 28.9 Å². The summed E-state index contributed by atoms with van der Waals surface area (Å²) in [6.45, 7) is 1.96. The van der Waals surface area contributed by atoms with Gasteiger partial charge >= 0.3 is 0 Å². The summed E-state index contributed by atoms with van der Waals surface area (Å²) in [6, 6.07) is 5.62. The highest BCUT2D eigenvalue weighted by Crippen LogP contribution is 2.29. The third-order valence-corrected chi connectivity index (χ3v) is 2.94. The van der Waals surface area contributed by atoms with Crippen LogP contribution in [0.3, 0.4) is 0 Å². The van der Waals surface area contributed by atoms with E-state index in [4.69, 9.17) is 23.2 Å². The molecule has 0 bridgehead atoms. The highest BCUT2D eigenvalue weighted by Gasteiger charge is 2.02. The molecule has 1 aromatic rings. The maximum atomic E-state index is 6.03. The van der Waals surface area contributed by atoms with Crippen molar-refractivity contribution in [2.45, 2.75) is 12.8 Å². The van der Waals surface area contributed by atoms with Crippen molar-refractivity contribution in [3.63, 3.8) is 0 Å². The smallest absolute Gasteiger partial charge is 0.0823 e. The fourth-order valence-electron chi connectivity index (χ4n) is 1.29. The molecule has 0 heterocycles. The van der Waals surface area contributed by atoms with E-state index in [1.807, 2.05) is 19.2 Å². The topological polar surface area (TPSA) is 24.1 Å². The van der Waals surface area contributed by atoms with Gasteiger partial charge in [0.05, 0.1) is 15.7 Å². The molecule has 84 valence electrons.